The largest absolute Gasteiger partial charge is 0.497 e. The molecule has 1 fully saturated rings. The van der Waals surface area contributed by atoms with E-state index in [0.717, 1.165) is 72.7 Å². The van der Waals surface area contributed by atoms with E-state index in [1.165, 1.54) is 0 Å². The van der Waals surface area contributed by atoms with Crippen LogP contribution in [0.5, 0.6) is 11.5 Å². The van der Waals surface area contributed by atoms with E-state index in [0.29, 0.717) is 17.0 Å². The molecular formula is C29H35N5O4. The molecule has 9 heteroatoms. The summed E-state index contributed by atoms with van der Waals surface area (Å²) in [4.78, 5) is 30.1. The van der Waals surface area contributed by atoms with E-state index in [1.54, 1.807) is 26.3 Å². The second-order valence-electron chi connectivity index (χ2n) is 9.99. The first-order valence-corrected chi connectivity index (χ1v) is 12.9. The number of benzene rings is 2. The molecule has 5 rings (SSSR count). The number of nitrogens with zero attached hydrogens (tertiary/aromatic N) is 3. The molecule has 2 amide bonds. The van der Waals surface area contributed by atoms with Gasteiger partial charge in [-0.3, -0.25) is 9.69 Å². The second-order valence-corrected chi connectivity index (χ2v) is 9.99. The maximum atomic E-state index is 13.4. The lowest BCUT2D eigenvalue weighted by Crippen LogP contribution is -2.45. The van der Waals surface area contributed by atoms with Gasteiger partial charge in [0, 0.05) is 74.2 Å². The highest BCUT2D eigenvalue weighted by molar-refractivity contribution is 6.16. The Morgan fingerprint density at radius 2 is 1.87 bits per heavy atom. The van der Waals surface area contributed by atoms with Crippen LogP contribution < -0.4 is 20.1 Å². The number of allylic oxidation sites excluding steroid dienone is 1. The monoisotopic (exact) mass is 517 g/mol. The lowest BCUT2D eigenvalue weighted by atomic mass is 10.0. The van der Waals surface area contributed by atoms with Crippen LogP contribution in [-0.4, -0.2) is 80.1 Å². The molecule has 2 aliphatic rings. The Hall–Kier alpha value is -3.82. The fourth-order valence-electron chi connectivity index (χ4n) is 5.18. The van der Waals surface area contributed by atoms with Gasteiger partial charge in [0.15, 0.2) is 5.76 Å². The maximum Gasteiger partial charge on any atom is 0.318 e. The predicted octanol–water partition coefficient (Wildman–Crippen LogP) is 3.88. The van der Waals surface area contributed by atoms with Crippen molar-refractivity contribution in [2.24, 2.45) is 0 Å². The first kappa shape index (κ1) is 25.8. The Labute approximate surface area is 223 Å². The van der Waals surface area contributed by atoms with Crippen LogP contribution in [0, 0.1) is 13.8 Å². The molecule has 2 N–H and O–H groups in total. The lowest BCUT2D eigenvalue weighted by molar-refractivity contribution is 0.101. The number of carbonyl (C=O) groups excluding carboxylic acids is 2. The molecule has 1 saturated heterocycles. The summed E-state index contributed by atoms with van der Waals surface area (Å²) >= 11 is 0. The van der Waals surface area contributed by atoms with E-state index in [1.807, 2.05) is 25.1 Å². The Balaban J connectivity index is 1.49. The molecule has 0 radical (unpaired) electrons. The SMILES string of the molecule is CNC(=O)Nc1cc2c(cc1C)OC(=Cc1c(C)n(CCN3CCN(C)CC3)c3ccc(OC)cc13)C2=O. The predicted molar refractivity (Wildman–Crippen MR) is 149 cm³/mol. The van der Waals surface area contributed by atoms with Gasteiger partial charge >= 0.3 is 6.03 Å². The van der Waals surface area contributed by atoms with Crippen molar-refractivity contribution in [3.63, 3.8) is 0 Å². The third-order valence-corrected chi connectivity index (χ3v) is 7.58. The number of ether oxygens (including phenoxy) is 2. The number of rotatable bonds is 6. The van der Waals surface area contributed by atoms with Crippen molar-refractivity contribution in [2.45, 2.75) is 20.4 Å². The van der Waals surface area contributed by atoms with Crippen LogP contribution in [0.4, 0.5) is 10.5 Å². The Kier molecular flexibility index (Phi) is 7.14. The van der Waals surface area contributed by atoms with Crippen LogP contribution in [0.15, 0.2) is 36.1 Å². The third kappa shape index (κ3) is 4.87. The van der Waals surface area contributed by atoms with Gasteiger partial charge in [0.2, 0.25) is 5.78 Å². The van der Waals surface area contributed by atoms with Crippen LogP contribution in [-0.2, 0) is 6.54 Å². The summed E-state index contributed by atoms with van der Waals surface area (Å²) in [6.45, 7) is 10.1. The van der Waals surface area contributed by atoms with Gasteiger partial charge in [-0.2, -0.15) is 0 Å². The van der Waals surface area contributed by atoms with E-state index < -0.39 is 0 Å². The number of Topliss-reactive ketones (excluding diaryl/α,β-unsaturated/α-hetero) is 1. The highest BCUT2D eigenvalue weighted by Crippen LogP contribution is 2.38. The van der Waals surface area contributed by atoms with Crippen molar-refractivity contribution in [3.8, 4) is 11.5 Å². The van der Waals surface area contributed by atoms with Crippen LogP contribution >= 0.6 is 0 Å². The van der Waals surface area contributed by atoms with Crippen LogP contribution in [0.3, 0.4) is 0 Å². The first-order valence-electron chi connectivity index (χ1n) is 12.9. The van der Waals surface area contributed by atoms with Gasteiger partial charge < -0.3 is 29.6 Å². The Bertz CT molecular complexity index is 1430. The van der Waals surface area contributed by atoms with Crippen LogP contribution in [0.25, 0.3) is 17.0 Å². The van der Waals surface area contributed by atoms with E-state index in [9.17, 15) is 9.59 Å². The Morgan fingerprint density at radius 1 is 1.11 bits per heavy atom. The summed E-state index contributed by atoms with van der Waals surface area (Å²) in [6.07, 6.45) is 1.84. The number of piperazine rings is 1. The smallest absolute Gasteiger partial charge is 0.318 e. The molecule has 200 valence electrons. The number of anilines is 1. The van der Waals surface area contributed by atoms with Gasteiger partial charge in [0.25, 0.3) is 0 Å². The summed E-state index contributed by atoms with van der Waals surface area (Å²) < 4.78 is 13.9. The zero-order valence-corrected chi connectivity index (χ0v) is 22.7. The molecule has 1 aromatic heterocycles. The van der Waals surface area contributed by atoms with Gasteiger partial charge in [0.1, 0.15) is 11.5 Å². The van der Waals surface area contributed by atoms with Gasteiger partial charge in [-0.15, -0.1) is 0 Å². The van der Waals surface area contributed by atoms with Gasteiger partial charge in [0.05, 0.1) is 12.7 Å². The number of fused-ring (bicyclic) bond motifs is 2. The van der Waals surface area contributed by atoms with Crippen LogP contribution in [0.2, 0.25) is 0 Å². The number of urea groups is 1. The molecule has 0 atom stereocenters. The van der Waals surface area contributed by atoms with Crippen LogP contribution in [0.1, 0.15) is 27.2 Å². The second kappa shape index (κ2) is 10.5. The third-order valence-electron chi connectivity index (χ3n) is 7.58. The molecule has 3 aromatic rings. The number of amides is 2. The van der Waals surface area contributed by atoms with Crippen molar-refractivity contribution in [1.29, 1.82) is 0 Å². The summed E-state index contributed by atoms with van der Waals surface area (Å²) in [5, 5.41) is 6.31. The lowest BCUT2D eigenvalue weighted by Gasteiger charge is -2.32. The molecule has 3 heterocycles. The number of ketones is 1. The van der Waals surface area contributed by atoms with Gasteiger partial charge in [-0.25, -0.2) is 4.79 Å². The molecule has 0 spiro atoms. The zero-order chi connectivity index (χ0) is 27.0. The summed E-state index contributed by atoms with van der Waals surface area (Å²) in [6, 6.07) is 9.20. The quantitative estimate of drug-likeness (QED) is 0.483. The number of carbonyl (C=O) groups is 2. The standard InChI is InChI=1S/C29H35N5O4/c1-18-14-26-23(16-24(18)31-29(36)30-3)28(35)27(38-26)17-21-19(2)34(13-12-33-10-8-32(4)9-11-33)25-7-6-20(37-5)15-22(21)25/h6-7,14-17H,8-13H2,1-5H3,(H2,30,31,36). The van der Waals surface area contributed by atoms with Crippen molar-refractivity contribution in [2.75, 3.05) is 59.2 Å². The Morgan fingerprint density at radius 3 is 2.58 bits per heavy atom. The molecule has 0 aliphatic carbocycles. The summed E-state index contributed by atoms with van der Waals surface area (Å²) in [7, 11) is 5.37. The molecule has 0 saturated carbocycles. The van der Waals surface area contributed by atoms with Crippen molar-refractivity contribution in [1.82, 2.24) is 19.7 Å². The fourth-order valence-corrected chi connectivity index (χ4v) is 5.18. The van der Waals surface area contributed by atoms with Crippen molar-refractivity contribution < 1.29 is 19.1 Å². The van der Waals surface area contributed by atoms with E-state index in [2.05, 4.69) is 45.0 Å². The topological polar surface area (TPSA) is 88.1 Å². The molecule has 2 aliphatic heterocycles. The van der Waals surface area contributed by atoms with Gasteiger partial charge in [-0.1, -0.05) is 0 Å². The van der Waals surface area contributed by atoms with E-state index in [4.69, 9.17) is 9.47 Å². The fraction of sp³-hybridized carbons (Fsp3) is 0.379. The number of aryl methyl sites for hydroxylation is 1. The molecule has 0 bridgehead atoms. The number of likely N-dealkylation sites (N-methyl/N-ethyl adjacent to an activating group) is 1. The molecular weight excluding hydrogens is 482 g/mol. The van der Waals surface area contributed by atoms with Crippen molar-refractivity contribution >= 4 is 34.5 Å². The normalized spacial score (nSPS) is 17.1. The minimum absolute atomic E-state index is 0.208. The molecule has 2 aromatic carbocycles. The average molecular weight is 518 g/mol. The number of aromatic nitrogens is 1. The zero-order valence-electron chi connectivity index (χ0n) is 22.7. The minimum Gasteiger partial charge on any atom is -0.497 e. The van der Waals surface area contributed by atoms with E-state index in [-0.39, 0.29) is 17.6 Å². The number of hydrogen-bond donors (Lipinski definition) is 2. The number of methoxy groups -OCH3 is 1. The molecule has 9 nitrogen and oxygen atoms in total. The highest BCUT2D eigenvalue weighted by atomic mass is 16.5. The maximum absolute atomic E-state index is 13.4. The van der Waals surface area contributed by atoms with E-state index >= 15 is 0 Å². The summed E-state index contributed by atoms with van der Waals surface area (Å²) in [5.74, 6) is 1.31. The van der Waals surface area contributed by atoms with Crippen molar-refractivity contribution in [3.05, 3.63) is 58.5 Å². The molecule has 0 unspecified atom stereocenters. The highest BCUT2D eigenvalue weighted by Gasteiger charge is 2.30. The number of hydrogen-bond acceptors (Lipinski definition) is 6. The molecule has 38 heavy (non-hydrogen) atoms. The average Bonchev–Trinajstić information content (AvgIpc) is 3.35. The number of nitrogens with one attached hydrogen (secondary N) is 2. The van der Waals surface area contributed by atoms with Gasteiger partial charge in [-0.05, 0) is 62.9 Å². The summed E-state index contributed by atoms with van der Waals surface area (Å²) in [5.41, 5.74) is 4.92. The minimum atomic E-state index is -0.343. The first-order chi connectivity index (χ1) is 18.3.